The fraction of sp³-hybridized carbons (Fsp3) is 0.712. The van der Waals surface area contributed by atoms with Crippen LogP contribution in [0.1, 0.15) is 181 Å². The third-order valence-electron chi connectivity index (χ3n) is 9.95. The highest BCUT2D eigenvalue weighted by Gasteiger charge is 2.25. The van der Waals surface area contributed by atoms with Crippen LogP contribution in [0.5, 0.6) is 0 Å². The van der Waals surface area contributed by atoms with E-state index in [-0.39, 0.29) is 38.6 Å². The zero-order chi connectivity index (χ0) is 44.9. The summed E-state index contributed by atoms with van der Waals surface area (Å²) in [6.45, 7) is 4.71. The first-order valence-electron chi connectivity index (χ1n) is 24.1. The van der Waals surface area contributed by atoms with E-state index in [1.807, 2.05) is 21.1 Å². The van der Waals surface area contributed by atoms with Gasteiger partial charge in [0.25, 0.3) is 6.29 Å². The number of carbonyl (C=O) groups is 3. The Hall–Kier alpha value is -3.27. The van der Waals surface area contributed by atoms with Gasteiger partial charge in [0, 0.05) is 12.8 Å². The molecule has 0 aromatic carbocycles. The van der Waals surface area contributed by atoms with Gasteiger partial charge in [-0.05, 0) is 83.5 Å². The Morgan fingerprint density at radius 3 is 1.41 bits per heavy atom. The van der Waals surface area contributed by atoms with Crippen LogP contribution in [0.2, 0.25) is 0 Å². The van der Waals surface area contributed by atoms with Crippen molar-refractivity contribution in [2.24, 2.45) is 0 Å². The third kappa shape index (κ3) is 44.6. The van der Waals surface area contributed by atoms with Crippen LogP contribution in [0, 0.1) is 0 Å². The number of ether oxygens (including phenoxy) is 4. The second-order valence-electron chi connectivity index (χ2n) is 17.0. The number of rotatable bonds is 43. The summed E-state index contributed by atoms with van der Waals surface area (Å²) < 4.78 is 22.7. The molecular weight excluding hydrogens is 767 g/mol. The summed E-state index contributed by atoms with van der Waals surface area (Å²) in [6, 6.07) is 0. The second-order valence-corrected chi connectivity index (χ2v) is 17.0. The molecule has 0 fully saturated rings. The Morgan fingerprint density at radius 2 is 0.934 bits per heavy atom. The van der Waals surface area contributed by atoms with Gasteiger partial charge in [0.1, 0.15) is 13.2 Å². The number of carboxylic acids is 1. The van der Waals surface area contributed by atoms with E-state index in [2.05, 4.69) is 86.8 Å². The molecule has 0 aromatic heterocycles. The van der Waals surface area contributed by atoms with Crippen LogP contribution in [0.15, 0.2) is 72.9 Å². The first-order valence-corrected chi connectivity index (χ1v) is 24.1. The monoisotopic (exact) mass is 857 g/mol. The van der Waals surface area contributed by atoms with Crippen LogP contribution < -0.4 is 0 Å². The van der Waals surface area contributed by atoms with E-state index in [4.69, 9.17) is 18.9 Å². The first-order chi connectivity index (χ1) is 29.6. The molecule has 0 bridgehead atoms. The van der Waals surface area contributed by atoms with E-state index < -0.39 is 24.3 Å². The Bertz CT molecular complexity index is 1230. The molecule has 2 unspecified atom stereocenters. The van der Waals surface area contributed by atoms with Gasteiger partial charge in [-0.1, -0.05) is 157 Å². The van der Waals surface area contributed by atoms with Crippen LogP contribution in [-0.2, 0) is 33.3 Å². The van der Waals surface area contributed by atoms with Crippen LogP contribution in [0.25, 0.3) is 0 Å². The lowest BCUT2D eigenvalue weighted by molar-refractivity contribution is -0.870. The Morgan fingerprint density at radius 1 is 0.508 bits per heavy atom. The highest BCUT2D eigenvalue weighted by Crippen LogP contribution is 2.13. The number of quaternary nitrogens is 1. The zero-order valence-electron chi connectivity index (χ0n) is 39.5. The van der Waals surface area contributed by atoms with Crippen molar-refractivity contribution in [2.75, 3.05) is 47.5 Å². The van der Waals surface area contributed by atoms with Gasteiger partial charge in [0.15, 0.2) is 6.10 Å². The third-order valence-corrected chi connectivity index (χ3v) is 9.95. The lowest BCUT2D eigenvalue weighted by atomic mass is 10.1. The van der Waals surface area contributed by atoms with Crippen molar-refractivity contribution in [3.8, 4) is 0 Å². The van der Waals surface area contributed by atoms with Crippen molar-refractivity contribution < 1.29 is 42.9 Å². The van der Waals surface area contributed by atoms with Crippen LogP contribution >= 0.6 is 0 Å². The largest absolute Gasteiger partial charge is 0.477 e. The summed E-state index contributed by atoms with van der Waals surface area (Å²) in [5.41, 5.74) is 0. The Balaban J connectivity index is 4.46. The second kappa shape index (κ2) is 43.4. The molecule has 0 saturated heterocycles. The van der Waals surface area contributed by atoms with Gasteiger partial charge in [-0.3, -0.25) is 9.59 Å². The molecule has 350 valence electrons. The molecule has 0 aliphatic carbocycles. The van der Waals surface area contributed by atoms with E-state index in [1.165, 1.54) is 44.9 Å². The minimum absolute atomic E-state index is 0.179. The highest BCUT2D eigenvalue weighted by molar-refractivity contribution is 5.71. The summed E-state index contributed by atoms with van der Waals surface area (Å²) in [7, 11) is 5.94. The smallest absolute Gasteiger partial charge is 0.361 e. The SMILES string of the molecule is CC/C=C\C/C=C\C/C=C\C/C=C\C/C=C\CCCCCCCC(=O)OC(COC(=O)CCCCCCC/C=C\CCCCCCCC)COC(OCC[N+](C)(C)C)C(=O)O. The molecule has 0 amide bonds. The molecule has 1 N–H and O–H groups in total. The maximum Gasteiger partial charge on any atom is 0.361 e. The number of esters is 2. The first kappa shape index (κ1) is 57.7. The van der Waals surface area contributed by atoms with Crippen molar-refractivity contribution in [3.05, 3.63) is 72.9 Å². The van der Waals surface area contributed by atoms with Gasteiger partial charge < -0.3 is 28.5 Å². The van der Waals surface area contributed by atoms with Gasteiger partial charge in [-0.15, -0.1) is 0 Å². The Labute approximate surface area is 373 Å². The van der Waals surface area contributed by atoms with Crippen molar-refractivity contribution in [2.45, 2.75) is 193 Å². The zero-order valence-corrected chi connectivity index (χ0v) is 39.5. The maximum atomic E-state index is 12.8. The summed E-state index contributed by atoms with van der Waals surface area (Å²) in [5.74, 6) is -2.05. The number of carbonyl (C=O) groups excluding carboxylic acids is 2. The number of carboxylic acid groups (broad SMARTS) is 1. The van der Waals surface area contributed by atoms with Crippen molar-refractivity contribution in [1.82, 2.24) is 0 Å². The van der Waals surface area contributed by atoms with E-state index in [9.17, 15) is 19.5 Å². The Kier molecular flexibility index (Phi) is 41.1. The molecule has 61 heavy (non-hydrogen) atoms. The molecule has 0 aliphatic heterocycles. The fourth-order valence-electron chi connectivity index (χ4n) is 6.21. The number of aliphatic carboxylic acids is 1. The van der Waals surface area contributed by atoms with Gasteiger partial charge in [0.05, 0.1) is 34.4 Å². The minimum atomic E-state index is -1.52. The lowest BCUT2D eigenvalue weighted by Gasteiger charge is -2.25. The molecule has 0 spiro atoms. The molecule has 9 heteroatoms. The van der Waals surface area contributed by atoms with Crippen molar-refractivity contribution in [1.29, 1.82) is 0 Å². The van der Waals surface area contributed by atoms with E-state index in [0.717, 1.165) is 103 Å². The van der Waals surface area contributed by atoms with Crippen molar-refractivity contribution in [3.63, 3.8) is 0 Å². The molecule has 9 nitrogen and oxygen atoms in total. The number of nitrogens with zero attached hydrogens (tertiary/aromatic N) is 1. The minimum Gasteiger partial charge on any atom is -0.477 e. The normalized spacial score (nSPS) is 13.5. The van der Waals surface area contributed by atoms with Crippen LogP contribution in [0.4, 0.5) is 0 Å². The molecule has 0 saturated carbocycles. The molecular formula is C52H90NO8+. The summed E-state index contributed by atoms with van der Waals surface area (Å²) in [4.78, 5) is 37.2. The molecule has 0 rings (SSSR count). The molecule has 0 heterocycles. The topological polar surface area (TPSA) is 108 Å². The van der Waals surface area contributed by atoms with E-state index in [0.29, 0.717) is 17.4 Å². The maximum absolute atomic E-state index is 12.8. The number of allylic oxidation sites excluding steroid dienone is 12. The number of likely N-dealkylation sites (N-methyl/N-ethyl adjacent to an activating group) is 1. The summed E-state index contributed by atoms with van der Waals surface area (Å²) >= 11 is 0. The predicted molar refractivity (Wildman–Crippen MR) is 253 cm³/mol. The number of hydrogen-bond donors (Lipinski definition) is 1. The molecule has 2 atom stereocenters. The average Bonchev–Trinajstić information content (AvgIpc) is 3.22. The summed E-state index contributed by atoms with van der Waals surface area (Å²) in [5, 5.41) is 9.65. The number of hydrogen-bond acceptors (Lipinski definition) is 7. The fourth-order valence-corrected chi connectivity index (χ4v) is 6.21. The van der Waals surface area contributed by atoms with Crippen LogP contribution in [0.3, 0.4) is 0 Å². The highest BCUT2D eigenvalue weighted by atomic mass is 16.7. The quantitative estimate of drug-likeness (QED) is 0.0212. The molecule has 0 aliphatic rings. The van der Waals surface area contributed by atoms with E-state index >= 15 is 0 Å². The van der Waals surface area contributed by atoms with Crippen LogP contribution in [-0.4, -0.2) is 87.4 Å². The molecule has 0 aromatic rings. The van der Waals surface area contributed by atoms with Gasteiger partial charge in [-0.25, -0.2) is 4.79 Å². The average molecular weight is 857 g/mol. The lowest BCUT2D eigenvalue weighted by Crippen LogP contribution is -2.40. The summed E-state index contributed by atoms with van der Waals surface area (Å²) in [6.07, 6.45) is 51.0. The number of unbranched alkanes of at least 4 members (excludes halogenated alkanes) is 16. The van der Waals surface area contributed by atoms with Gasteiger partial charge >= 0.3 is 17.9 Å². The van der Waals surface area contributed by atoms with Gasteiger partial charge in [0.2, 0.25) is 0 Å². The van der Waals surface area contributed by atoms with Crippen molar-refractivity contribution >= 4 is 17.9 Å². The molecule has 0 radical (unpaired) electrons. The predicted octanol–water partition coefficient (Wildman–Crippen LogP) is 13.1. The van der Waals surface area contributed by atoms with Gasteiger partial charge in [-0.2, -0.15) is 0 Å². The van der Waals surface area contributed by atoms with E-state index in [1.54, 1.807) is 0 Å². The standard InChI is InChI=1S/C52H89NO8/c1-6-8-10-12-14-16-18-20-22-23-24-25-26-27-29-31-33-35-37-39-41-43-50(55)61-48(47-60-52(51(56)57)58-45-44-53(3,4)5)46-59-49(54)42-40-38-36-34-32-30-28-21-19-17-15-13-11-9-7-2/h8,10,14,16,20-22,24-25,27-29,48,52H,6-7,9,11-13,15,17-19,23,26,30-47H2,1-5H3/p+1/b10-8-,16-14-,22-20-,25-24-,28-21-,29-27-.